The Bertz CT molecular complexity index is 783. The van der Waals surface area contributed by atoms with Crippen molar-refractivity contribution in [3.8, 4) is 17.2 Å². The molecule has 0 radical (unpaired) electrons. The Morgan fingerprint density at radius 3 is 2.32 bits per heavy atom. The molecule has 1 amide bonds. The van der Waals surface area contributed by atoms with E-state index in [9.17, 15) is 9.18 Å². The van der Waals surface area contributed by atoms with Gasteiger partial charge in [0.1, 0.15) is 0 Å². The molecule has 5 nitrogen and oxygen atoms in total. The van der Waals surface area contributed by atoms with Gasteiger partial charge in [-0.3, -0.25) is 4.79 Å². The summed E-state index contributed by atoms with van der Waals surface area (Å²) in [6, 6.07) is 7.74. The smallest absolute Gasteiger partial charge is 0.248 e. The van der Waals surface area contributed by atoms with Crippen LogP contribution in [0, 0.1) is 5.82 Å². The van der Waals surface area contributed by atoms with Crippen molar-refractivity contribution in [1.29, 1.82) is 0 Å². The number of ether oxygens (including phenoxy) is 3. The maximum Gasteiger partial charge on any atom is 0.248 e. The van der Waals surface area contributed by atoms with E-state index >= 15 is 0 Å². The van der Waals surface area contributed by atoms with E-state index in [2.05, 4.69) is 5.32 Å². The average molecular weight is 366 g/mol. The fraction of sp³-hybridized carbons (Fsp3) is 0.167. The van der Waals surface area contributed by atoms with Gasteiger partial charge < -0.3 is 19.5 Å². The van der Waals surface area contributed by atoms with Gasteiger partial charge in [-0.1, -0.05) is 17.7 Å². The lowest BCUT2D eigenvalue weighted by atomic mass is 10.1. The monoisotopic (exact) mass is 365 g/mol. The van der Waals surface area contributed by atoms with Crippen molar-refractivity contribution in [2.75, 3.05) is 26.6 Å². The van der Waals surface area contributed by atoms with Gasteiger partial charge in [-0.25, -0.2) is 4.39 Å². The van der Waals surface area contributed by atoms with E-state index in [-0.39, 0.29) is 10.7 Å². The fourth-order valence-corrected chi connectivity index (χ4v) is 2.32. The zero-order chi connectivity index (χ0) is 18.4. The Labute approximate surface area is 150 Å². The Hall–Kier alpha value is -2.73. The molecule has 1 N–H and O–H groups in total. The summed E-state index contributed by atoms with van der Waals surface area (Å²) in [4.78, 5) is 12.0. The SMILES string of the molecule is COc1cc(/C=C/C(=O)Nc2cccc(Cl)c2F)cc(OC)c1OC. The maximum absolute atomic E-state index is 13.8. The number of hydrogen-bond donors (Lipinski definition) is 1. The van der Waals surface area contributed by atoms with Crippen LogP contribution in [0.1, 0.15) is 5.56 Å². The molecule has 0 atom stereocenters. The van der Waals surface area contributed by atoms with Crippen molar-refractivity contribution < 1.29 is 23.4 Å². The van der Waals surface area contributed by atoms with Gasteiger partial charge in [0.25, 0.3) is 0 Å². The normalized spacial score (nSPS) is 10.6. The number of carbonyl (C=O) groups is 1. The molecule has 0 aliphatic heterocycles. The number of anilines is 1. The quantitative estimate of drug-likeness (QED) is 0.781. The van der Waals surface area contributed by atoms with Crippen LogP contribution >= 0.6 is 11.6 Å². The van der Waals surface area contributed by atoms with Crippen LogP contribution in [0.15, 0.2) is 36.4 Å². The van der Waals surface area contributed by atoms with Crippen molar-refractivity contribution in [3.05, 3.63) is 52.8 Å². The lowest BCUT2D eigenvalue weighted by molar-refractivity contribution is -0.111. The molecule has 0 saturated carbocycles. The van der Waals surface area contributed by atoms with Crippen LogP contribution in [-0.2, 0) is 4.79 Å². The highest BCUT2D eigenvalue weighted by atomic mass is 35.5. The third-order valence-corrected chi connectivity index (χ3v) is 3.62. The number of carbonyl (C=O) groups excluding carboxylic acids is 1. The number of rotatable bonds is 6. The summed E-state index contributed by atoms with van der Waals surface area (Å²) in [6.45, 7) is 0. The van der Waals surface area contributed by atoms with Crippen molar-refractivity contribution in [1.82, 2.24) is 0 Å². The highest BCUT2D eigenvalue weighted by Gasteiger charge is 2.12. The van der Waals surface area contributed by atoms with Gasteiger partial charge in [-0.2, -0.15) is 0 Å². The van der Waals surface area contributed by atoms with E-state index in [1.165, 1.54) is 39.5 Å². The summed E-state index contributed by atoms with van der Waals surface area (Å²) in [5, 5.41) is 2.37. The maximum atomic E-state index is 13.8. The molecule has 0 aromatic heterocycles. The van der Waals surface area contributed by atoms with Gasteiger partial charge in [0.2, 0.25) is 11.7 Å². The van der Waals surface area contributed by atoms with Crippen LogP contribution in [0.2, 0.25) is 5.02 Å². The fourth-order valence-electron chi connectivity index (χ4n) is 2.14. The van der Waals surface area contributed by atoms with Crippen molar-refractivity contribution in [2.24, 2.45) is 0 Å². The van der Waals surface area contributed by atoms with Crippen molar-refractivity contribution >= 4 is 29.3 Å². The lowest BCUT2D eigenvalue weighted by Gasteiger charge is -2.12. The second kappa shape index (κ2) is 8.39. The highest BCUT2D eigenvalue weighted by Crippen LogP contribution is 2.38. The molecule has 2 aromatic rings. The molecular formula is C18H17ClFNO4. The molecule has 132 valence electrons. The first-order valence-electron chi connectivity index (χ1n) is 7.23. The van der Waals surface area contributed by atoms with Crippen molar-refractivity contribution in [2.45, 2.75) is 0 Å². The van der Waals surface area contributed by atoms with Crippen LogP contribution in [-0.4, -0.2) is 27.2 Å². The first-order valence-corrected chi connectivity index (χ1v) is 7.61. The second-order valence-electron chi connectivity index (χ2n) is 4.88. The van der Waals surface area contributed by atoms with Crippen LogP contribution in [0.4, 0.5) is 10.1 Å². The summed E-state index contributed by atoms with van der Waals surface area (Å²) in [7, 11) is 4.50. The first kappa shape index (κ1) is 18.6. The van der Waals surface area contributed by atoms with E-state index in [4.69, 9.17) is 25.8 Å². The minimum absolute atomic E-state index is 0.00652. The summed E-state index contributed by atoms with van der Waals surface area (Å²) in [5.74, 6) is 0.187. The van der Waals surface area contributed by atoms with Gasteiger partial charge in [-0.15, -0.1) is 0 Å². The van der Waals surface area contributed by atoms with Crippen LogP contribution in [0.5, 0.6) is 17.2 Å². The molecule has 0 heterocycles. The highest BCUT2D eigenvalue weighted by molar-refractivity contribution is 6.31. The van der Waals surface area contributed by atoms with Crippen LogP contribution in [0.25, 0.3) is 6.08 Å². The summed E-state index contributed by atoms with van der Waals surface area (Å²) >= 11 is 5.68. The molecular weight excluding hydrogens is 349 g/mol. The predicted molar refractivity (Wildman–Crippen MR) is 95.2 cm³/mol. The number of amides is 1. The van der Waals surface area contributed by atoms with Crippen molar-refractivity contribution in [3.63, 3.8) is 0 Å². The first-order chi connectivity index (χ1) is 12.0. The molecule has 2 aromatic carbocycles. The van der Waals surface area contributed by atoms with E-state index < -0.39 is 11.7 Å². The number of hydrogen-bond acceptors (Lipinski definition) is 4. The van der Waals surface area contributed by atoms with Gasteiger partial charge in [0.15, 0.2) is 17.3 Å². The van der Waals surface area contributed by atoms with Gasteiger partial charge >= 0.3 is 0 Å². The topological polar surface area (TPSA) is 56.8 Å². The minimum atomic E-state index is -0.682. The molecule has 0 aliphatic rings. The number of halogens is 2. The van der Waals surface area contributed by atoms with Gasteiger partial charge in [0.05, 0.1) is 32.0 Å². The average Bonchev–Trinajstić information content (AvgIpc) is 2.62. The van der Waals surface area contributed by atoms with Gasteiger partial charge in [0, 0.05) is 6.08 Å². The standard InChI is InChI=1S/C18H17ClFNO4/c1-23-14-9-11(10-15(24-2)18(14)25-3)7-8-16(22)21-13-6-4-5-12(19)17(13)20/h4-10H,1-3H3,(H,21,22)/b8-7+. The third kappa shape index (κ3) is 4.42. The van der Waals surface area contributed by atoms with Gasteiger partial charge in [-0.05, 0) is 35.9 Å². The van der Waals surface area contributed by atoms with E-state index in [1.807, 2.05) is 0 Å². The number of methoxy groups -OCH3 is 3. The summed E-state index contributed by atoms with van der Waals surface area (Å²) in [5.41, 5.74) is 0.656. The van der Waals surface area contributed by atoms with Crippen LogP contribution in [0.3, 0.4) is 0 Å². The van der Waals surface area contributed by atoms with E-state index in [1.54, 1.807) is 24.3 Å². The number of benzene rings is 2. The molecule has 0 saturated heterocycles. The Kier molecular flexibility index (Phi) is 6.25. The van der Waals surface area contributed by atoms with E-state index in [0.717, 1.165) is 0 Å². The number of nitrogens with one attached hydrogen (secondary N) is 1. The minimum Gasteiger partial charge on any atom is -0.493 e. The largest absolute Gasteiger partial charge is 0.493 e. The Balaban J connectivity index is 2.21. The Morgan fingerprint density at radius 1 is 1.12 bits per heavy atom. The summed E-state index contributed by atoms with van der Waals surface area (Å²) < 4.78 is 29.5. The zero-order valence-corrected chi connectivity index (χ0v) is 14.7. The molecule has 0 aliphatic carbocycles. The molecule has 0 fully saturated rings. The van der Waals surface area contributed by atoms with Crippen LogP contribution < -0.4 is 19.5 Å². The molecule has 7 heteroatoms. The molecule has 0 spiro atoms. The Morgan fingerprint density at radius 2 is 1.76 bits per heavy atom. The lowest BCUT2D eigenvalue weighted by Crippen LogP contribution is -2.09. The van der Waals surface area contributed by atoms with E-state index in [0.29, 0.717) is 22.8 Å². The molecule has 0 bridgehead atoms. The second-order valence-corrected chi connectivity index (χ2v) is 5.29. The third-order valence-electron chi connectivity index (χ3n) is 3.32. The summed E-state index contributed by atoms with van der Waals surface area (Å²) in [6.07, 6.45) is 2.81. The zero-order valence-electron chi connectivity index (χ0n) is 13.9. The molecule has 0 unspecified atom stereocenters. The predicted octanol–water partition coefficient (Wildman–Crippen LogP) is 4.16. The molecule has 25 heavy (non-hydrogen) atoms. The molecule has 2 rings (SSSR count).